The molecule has 26 heavy (non-hydrogen) atoms. The lowest BCUT2D eigenvalue weighted by atomic mass is 10.1. The molecule has 0 atom stereocenters. The molecule has 0 N–H and O–H groups in total. The molecule has 3 rings (SSSR count). The normalized spacial score (nSPS) is 15.3. The number of nitrogens with zero attached hydrogens (tertiary/aromatic N) is 3. The van der Waals surface area contributed by atoms with Gasteiger partial charge in [-0.05, 0) is 48.0 Å². The molecule has 0 radical (unpaired) electrons. The van der Waals surface area contributed by atoms with Gasteiger partial charge in [-0.3, -0.25) is 14.5 Å². The number of ketones is 1. The van der Waals surface area contributed by atoms with Crippen LogP contribution in [0.4, 0.5) is 0 Å². The monoisotopic (exact) mass is 417 g/mol. The minimum atomic E-state index is 0.0398. The summed E-state index contributed by atoms with van der Waals surface area (Å²) in [7, 11) is 1.98. The molecule has 1 aromatic heterocycles. The molecule has 1 fully saturated rings. The highest BCUT2D eigenvalue weighted by molar-refractivity contribution is 9.10. The van der Waals surface area contributed by atoms with Gasteiger partial charge in [-0.2, -0.15) is 0 Å². The fraction of sp³-hybridized carbons (Fsp3) is 0.400. The lowest BCUT2D eigenvalue weighted by molar-refractivity contribution is 0.0623. The van der Waals surface area contributed by atoms with Crippen molar-refractivity contribution < 1.29 is 9.59 Å². The molecule has 0 aliphatic carbocycles. The van der Waals surface area contributed by atoms with Crippen molar-refractivity contribution in [3.63, 3.8) is 0 Å². The van der Waals surface area contributed by atoms with E-state index >= 15 is 0 Å². The predicted molar refractivity (Wildman–Crippen MR) is 106 cm³/mol. The topological polar surface area (TPSA) is 45.6 Å². The van der Waals surface area contributed by atoms with E-state index in [0.717, 1.165) is 21.4 Å². The second kappa shape index (κ2) is 7.76. The van der Waals surface area contributed by atoms with Crippen LogP contribution >= 0.6 is 15.9 Å². The fourth-order valence-corrected chi connectivity index (χ4v) is 3.79. The summed E-state index contributed by atoms with van der Waals surface area (Å²) in [6.07, 6.45) is 0. The van der Waals surface area contributed by atoms with Crippen LogP contribution < -0.4 is 0 Å². The fourth-order valence-electron chi connectivity index (χ4n) is 3.34. The molecule has 2 aromatic rings. The van der Waals surface area contributed by atoms with Crippen LogP contribution in [0.15, 0.2) is 34.8 Å². The number of hydrogen-bond donors (Lipinski definition) is 0. The van der Waals surface area contributed by atoms with Crippen LogP contribution in [-0.4, -0.2) is 58.8 Å². The summed E-state index contributed by atoms with van der Waals surface area (Å²) in [5.74, 6) is 0.190. The summed E-state index contributed by atoms with van der Waals surface area (Å²) >= 11 is 3.44. The maximum Gasteiger partial charge on any atom is 0.255 e. The van der Waals surface area contributed by atoms with Crippen LogP contribution in [0.25, 0.3) is 0 Å². The number of aryl methyl sites for hydroxylation is 1. The average Bonchev–Trinajstić information content (AvgIpc) is 2.90. The van der Waals surface area contributed by atoms with Crippen molar-refractivity contribution in [3.05, 3.63) is 57.3 Å². The number of rotatable bonds is 4. The van der Waals surface area contributed by atoms with Crippen LogP contribution in [0.5, 0.6) is 0 Å². The summed E-state index contributed by atoms with van der Waals surface area (Å²) in [6.45, 7) is 7.10. The molecule has 1 saturated heterocycles. The molecule has 138 valence electrons. The molecule has 6 heteroatoms. The van der Waals surface area contributed by atoms with Gasteiger partial charge < -0.3 is 9.47 Å². The maximum atomic E-state index is 12.7. The van der Waals surface area contributed by atoms with E-state index in [1.54, 1.807) is 0 Å². The molecule has 2 heterocycles. The van der Waals surface area contributed by atoms with Gasteiger partial charge in [0, 0.05) is 54.7 Å². The molecule has 1 aromatic carbocycles. The highest BCUT2D eigenvalue weighted by Crippen LogP contribution is 2.19. The first-order chi connectivity index (χ1) is 12.4. The zero-order valence-electron chi connectivity index (χ0n) is 15.5. The first-order valence-electron chi connectivity index (χ1n) is 8.80. The van der Waals surface area contributed by atoms with E-state index in [9.17, 15) is 9.59 Å². The third kappa shape index (κ3) is 3.76. The van der Waals surface area contributed by atoms with Crippen molar-refractivity contribution in [2.75, 3.05) is 32.7 Å². The predicted octanol–water partition coefficient (Wildman–Crippen LogP) is 3.05. The molecule has 0 saturated carbocycles. The molecule has 1 aliphatic rings. The summed E-state index contributed by atoms with van der Waals surface area (Å²) < 4.78 is 2.86. The molecular weight excluding hydrogens is 394 g/mol. The Labute approximate surface area is 162 Å². The standard InChI is InChI=1S/C20H24BrN3O2/c1-14-12-17(15(2)22(14)3)19(25)13-23-8-10-24(11-9-23)20(26)16-6-4-5-7-18(16)21/h4-7,12H,8-11,13H2,1-3H3. The number of hydrogen-bond acceptors (Lipinski definition) is 3. The summed E-state index contributed by atoms with van der Waals surface area (Å²) in [5.41, 5.74) is 3.59. The quantitative estimate of drug-likeness (QED) is 0.718. The largest absolute Gasteiger partial charge is 0.351 e. The maximum absolute atomic E-state index is 12.7. The Kier molecular flexibility index (Phi) is 5.63. The van der Waals surface area contributed by atoms with Gasteiger partial charge >= 0.3 is 0 Å². The summed E-state index contributed by atoms with van der Waals surface area (Å²) in [6, 6.07) is 9.45. The van der Waals surface area contributed by atoms with E-state index in [1.165, 1.54) is 0 Å². The van der Waals surface area contributed by atoms with Gasteiger partial charge in [0.05, 0.1) is 12.1 Å². The zero-order valence-corrected chi connectivity index (χ0v) is 17.0. The van der Waals surface area contributed by atoms with Crippen molar-refractivity contribution in [3.8, 4) is 0 Å². The van der Waals surface area contributed by atoms with Gasteiger partial charge in [-0.1, -0.05) is 12.1 Å². The number of amides is 1. The van der Waals surface area contributed by atoms with Gasteiger partial charge in [0.1, 0.15) is 0 Å². The third-order valence-electron chi connectivity index (χ3n) is 5.21. The first kappa shape index (κ1) is 18.9. The molecule has 1 aliphatic heterocycles. The number of halogens is 1. The average molecular weight is 418 g/mol. The van der Waals surface area contributed by atoms with Gasteiger partial charge in [0.25, 0.3) is 5.91 Å². The number of carbonyl (C=O) groups excluding carboxylic acids is 2. The second-order valence-corrected chi connectivity index (χ2v) is 7.67. The molecule has 1 amide bonds. The Morgan fingerprint density at radius 2 is 1.69 bits per heavy atom. The highest BCUT2D eigenvalue weighted by atomic mass is 79.9. The Morgan fingerprint density at radius 1 is 1.04 bits per heavy atom. The van der Waals surface area contributed by atoms with E-state index < -0.39 is 0 Å². The smallest absolute Gasteiger partial charge is 0.255 e. The van der Waals surface area contributed by atoms with Gasteiger partial charge in [-0.15, -0.1) is 0 Å². The van der Waals surface area contributed by atoms with Crippen LogP contribution in [-0.2, 0) is 7.05 Å². The molecular formula is C20H24BrN3O2. The number of aromatic nitrogens is 1. The number of piperazine rings is 1. The third-order valence-corrected chi connectivity index (χ3v) is 5.90. The summed E-state index contributed by atoms with van der Waals surface area (Å²) in [5, 5.41) is 0. The van der Waals surface area contributed by atoms with E-state index in [2.05, 4.69) is 20.8 Å². The van der Waals surface area contributed by atoms with E-state index in [-0.39, 0.29) is 11.7 Å². The van der Waals surface area contributed by atoms with Crippen molar-refractivity contribution >= 4 is 27.6 Å². The minimum Gasteiger partial charge on any atom is -0.351 e. The van der Waals surface area contributed by atoms with Crippen molar-refractivity contribution in [1.82, 2.24) is 14.4 Å². The second-order valence-electron chi connectivity index (χ2n) is 6.82. The SMILES string of the molecule is Cc1cc(C(=O)CN2CCN(C(=O)c3ccccc3Br)CC2)c(C)n1C. The van der Waals surface area contributed by atoms with E-state index in [4.69, 9.17) is 0 Å². The van der Waals surface area contributed by atoms with Crippen LogP contribution in [0.2, 0.25) is 0 Å². The van der Waals surface area contributed by atoms with Gasteiger partial charge in [0.2, 0.25) is 0 Å². The number of carbonyl (C=O) groups is 2. The van der Waals surface area contributed by atoms with Crippen LogP contribution in [0.3, 0.4) is 0 Å². The summed E-state index contributed by atoms with van der Waals surface area (Å²) in [4.78, 5) is 29.3. The molecule has 0 unspecified atom stereocenters. The molecule has 5 nitrogen and oxygen atoms in total. The molecule has 0 bridgehead atoms. The van der Waals surface area contributed by atoms with E-state index in [0.29, 0.717) is 38.3 Å². The van der Waals surface area contributed by atoms with Crippen molar-refractivity contribution in [2.45, 2.75) is 13.8 Å². The highest BCUT2D eigenvalue weighted by Gasteiger charge is 2.25. The van der Waals surface area contributed by atoms with Crippen LogP contribution in [0.1, 0.15) is 32.1 Å². The minimum absolute atomic E-state index is 0.0398. The lowest BCUT2D eigenvalue weighted by Crippen LogP contribution is -2.50. The Bertz CT molecular complexity index is 836. The molecule has 0 spiro atoms. The Balaban J connectivity index is 1.58. The zero-order chi connectivity index (χ0) is 18.8. The van der Waals surface area contributed by atoms with Crippen molar-refractivity contribution in [2.24, 2.45) is 7.05 Å². The Morgan fingerprint density at radius 3 is 2.27 bits per heavy atom. The van der Waals surface area contributed by atoms with E-state index in [1.807, 2.05) is 60.7 Å². The van der Waals surface area contributed by atoms with Gasteiger partial charge in [-0.25, -0.2) is 0 Å². The van der Waals surface area contributed by atoms with Gasteiger partial charge in [0.15, 0.2) is 5.78 Å². The van der Waals surface area contributed by atoms with Crippen molar-refractivity contribution in [1.29, 1.82) is 0 Å². The van der Waals surface area contributed by atoms with Crippen LogP contribution in [0, 0.1) is 13.8 Å². The first-order valence-corrected chi connectivity index (χ1v) is 9.60. The Hall–Kier alpha value is -1.92. The number of Topliss-reactive ketones (excluding diaryl/α,β-unsaturated/α-hetero) is 1. The lowest BCUT2D eigenvalue weighted by Gasteiger charge is -2.34. The number of benzene rings is 1.